The molecule has 2 nitrogen and oxygen atoms in total. The van der Waals surface area contributed by atoms with Gasteiger partial charge in [0.05, 0.1) is 0 Å². The Morgan fingerprint density at radius 1 is 1.05 bits per heavy atom. The van der Waals surface area contributed by atoms with Crippen LogP contribution in [0.2, 0.25) is 0 Å². The van der Waals surface area contributed by atoms with Crippen molar-refractivity contribution in [3.8, 4) is 16.9 Å². The third kappa shape index (κ3) is 3.27. The van der Waals surface area contributed by atoms with Gasteiger partial charge in [-0.25, -0.2) is 4.39 Å². The Morgan fingerprint density at radius 3 is 2.35 bits per heavy atom. The third-order valence-electron chi connectivity index (χ3n) is 2.69. The predicted octanol–water partition coefficient (Wildman–Crippen LogP) is 3.85. The Kier molecular flexibility index (Phi) is 3.94. The molecule has 2 N–H and O–H groups in total. The fraction of sp³-hybridized carbons (Fsp3) is 0.143. The molecule has 0 heterocycles. The molecule has 0 bridgehead atoms. The minimum Gasteiger partial charge on any atom is -0.405 e. The number of benzene rings is 2. The standard InChI is InChI=1S/C14H11F4NO/c15-12-4-2-1-3-11(12)9-5-6-13(10(7-9)8-19)20-14(16,17)18/h1-7H,8,19H2. The molecule has 0 saturated heterocycles. The Hall–Kier alpha value is -2.08. The topological polar surface area (TPSA) is 35.2 Å². The molecule has 0 saturated carbocycles. The third-order valence-corrected chi connectivity index (χ3v) is 2.69. The van der Waals surface area contributed by atoms with Crippen molar-refractivity contribution in [1.82, 2.24) is 0 Å². The minimum absolute atomic E-state index is 0.145. The zero-order chi connectivity index (χ0) is 14.8. The van der Waals surface area contributed by atoms with Crippen molar-refractivity contribution < 1.29 is 22.3 Å². The van der Waals surface area contributed by atoms with Gasteiger partial charge in [-0.1, -0.05) is 24.3 Å². The maximum absolute atomic E-state index is 13.6. The molecular weight excluding hydrogens is 274 g/mol. The van der Waals surface area contributed by atoms with Gasteiger partial charge in [0.1, 0.15) is 11.6 Å². The smallest absolute Gasteiger partial charge is 0.405 e. The van der Waals surface area contributed by atoms with Crippen LogP contribution in [0.3, 0.4) is 0 Å². The second-order valence-corrected chi connectivity index (χ2v) is 4.05. The van der Waals surface area contributed by atoms with Crippen LogP contribution in [0.4, 0.5) is 17.6 Å². The van der Waals surface area contributed by atoms with Gasteiger partial charge in [-0.15, -0.1) is 13.2 Å². The summed E-state index contributed by atoms with van der Waals surface area (Å²) in [5.41, 5.74) is 6.30. The summed E-state index contributed by atoms with van der Waals surface area (Å²) in [7, 11) is 0. The van der Waals surface area contributed by atoms with Crippen molar-refractivity contribution >= 4 is 0 Å². The molecule has 0 aromatic heterocycles. The highest BCUT2D eigenvalue weighted by Crippen LogP contribution is 2.31. The monoisotopic (exact) mass is 285 g/mol. The highest BCUT2D eigenvalue weighted by Gasteiger charge is 2.32. The Bertz CT molecular complexity index is 610. The van der Waals surface area contributed by atoms with Crippen molar-refractivity contribution in [3.05, 3.63) is 53.8 Å². The SMILES string of the molecule is NCc1cc(-c2ccccc2F)ccc1OC(F)(F)F. The van der Waals surface area contributed by atoms with Crippen LogP contribution in [0.1, 0.15) is 5.56 Å². The van der Waals surface area contributed by atoms with Gasteiger partial charge in [0.2, 0.25) is 0 Å². The first-order valence-corrected chi connectivity index (χ1v) is 5.74. The average molecular weight is 285 g/mol. The number of alkyl halides is 3. The van der Waals surface area contributed by atoms with Gasteiger partial charge in [0.25, 0.3) is 0 Å². The highest BCUT2D eigenvalue weighted by molar-refractivity contribution is 5.66. The first-order chi connectivity index (χ1) is 9.40. The van der Waals surface area contributed by atoms with Gasteiger partial charge in [0.15, 0.2) is 0 Å². The molecule has 20 heavy (non-hydrogen) atoms. The molecule has 6 heteroatoms. The summed E-state index contributed by atoms with van der Waals surface area (Å²) in [6, 6.07) is 9.87. The lowest BCUT2D eigenvalue weighted by atomic mass is 10.0. The summed E-state index contributed by atoms with van der Waals surface area (Å²) >= 11 is 0. The molecule has 2 aromatic carbocycles. The van der Waals surface area contributed by atoms with E-state index in [2.05, 4.69) is 4.74 Å². The van der Waals surface area contributed by atoms with E-state index < -0.39 is 12.2 Å². The lowest BCUT2D eigenvalue weighted by Crippen LogP contribution is -2.18. The second kappa shape index (κ2) is 5.50. The molecule has 0 radical (unpaired) electrons. The number of hydrogen-bond acceptors (Lipinski definition) is 2. The lowest BCUT2D eigenvalue weighted by Gasteiger charge is -2.14. The van der Waals surface area contributed by atoms with Crippen LogP contribution in [0.15, 0.2) is 42.5 Å². The first kappa shape index (κ1) is 14.3. The van der Waals surface area contributed by atoms with E-state index in [1.54, 1.807) is 6.07 Å². The molecule has 0 spiro atoms. The van der Waals surface area contributed by atoms with E-state index >= 15 is 0 Å². The molecule has 0 fully saturated rings. The van der Waals surface area contributed by atoms with E-state index in [0.29, 0.717) is 11.1 Å². The normalized spacial score (nSPS) is 11.4. The van der Waals surface area contributed by atoms with Crippen LogP contribution < -0.4 is 10.5 Å². The fourth-order valence-electron chi connectivity index (χ4n) is 1.83. The molecule has 0 aliphatic heterocycles. The van der Waals surface area contributed by atoms with Crippen LogP contribution in [0.25, 0.3) is 11.1 Å². The van der Waals surface area contributed by atoms with Crippen LogP contribution in [-0.4, -0.2) is 6.36 Å². The molecule has 0 atom stereocenters. The first-order valence-electron chi connectivity index (χ1n) is 5.74. The van der Waals surface area contributed by atoms with Crippen LogP contribution in [0, 0.1) is 5.82 Å². The van der Waals surface area contributed by atoms with Crippen molar-refractivity contribution in [2.75, 3.05) is 0 Å². The Labute approximate surface area is 112 Å². The summed E-state index contributed by atoms with van der Waals surface area (Å²) in [5, 5.41) is 0. The Balaban J connectivity index is 2.42. The zero-order valence-corrected chi connectivity index (χ0v) is 10.2. The Morgan fingerprint density at radius 2 is 1.75 bits per heavy atom. The maximum atomic E-state index is 13.6. The van der Waals surface area contributed by atoms with Crippen LogP contribution >= 0.6 is 0 Å². The molecule has 0 unspecified atom stereocenters. The quantitative estimate of drug-likeness (QED) is 0.869. The summed E-state index contributed by atoms with van der Waals surface area (Å²) < 4.78 is 54.2. The van der Waals surface area contributed by atoms with E-state index in [-0.39, 0.29) is 17.9 Å². The maximum Gasteiger partial charge on any atom is 0.573 e. The van der Waals surface area contributed by atoms with Crippen molar-refractivity contribution in [1.29, 1.82) is 0 Å². The average Bonchev–Trinajstić information content (AvgIpc) is 2.38. The molecule has 2 rings (SSSR count). The number of hydrogen-bond donors (Lipinski definition) is 1. The molecular formula is C14H11F4NO. The molecule has 106 valence electrons. The van der Waals surface area contributed by atoms with Crippen molar-refractivity contribution in [3.63, 3.8) is 0 Å². The van der Waals surface area contributed by atoms with Gasteiger partial charge in [-0.2, -0.15) is 0 Å². The van der Waals surface area contributed by atoms with Crippen LogP contribution in [0.5, 0.6) is 5.75 Å². The summed E-state index contributed by atoms with van der Waals surface area (Å²) in [4.78, 5) is 0. The number of rotatable bonds is 3. The predicted molar refractivity (Wildman–Crippen MR) is 66.4 cm³/mol. The van der Waals surface area contributed by atoms with E-state index in [0.717, 1.165) is 6.07 Å². The number of ether oxygens (including phenoxy) is 1. The highest BCUT2D eigenvalue weighted by atomic mass is 19.4. The van der Waals surface area contributed by atoms with Gasteiger partial charge in [-0.3, -0.25) is 0 Å². The fourth-order valence-corrected chi connectivity index (χ4v) is 1.83. The van der Waals surface area contributed by atoms with Crippen molar-refractivity contribution in [2.45, 2.75) is 12.9 Å². The summed E-state index contributed by atoms with van der Waals surface area (Å²) in [6.07, 6.45) is -4.79. The molecule has 2 aromatic rings. The van der Waals surface area contributed by atoms with E-state index in [1.165, 1.54) is 30.3 Å². The number of halogens is 4. The largest absolute Gasteiger partial charge is 0.573 e. The van der Waals surface area contributed by atoms with Gasteiger partial charge < -0.3 is 10.5 Å². The number of nitrogens with two attached hydrogens (primary N) is 1. The summed E-state index contributed by atoms with van der Waals surface area (Å²) in [6.45, 7) is -0.145. The minimum atomic E-state index is -4.79. The van der Waals surface area contributed by atoms with E-state index in [9.17, 15) is 17.6 Å². The lowest BCUT2D eigenvalue weighted by molar-refractivity contribution is -0.274. The van der Waals surface area contributed by atoms with Crippen LogP contribution in [-0.2, 0) is 6.54 Å². The molecule has 0 aliphatic rings. The summed E-state index contributed by atoms with van der Waals surface area (Å²) in [5.74, 6) is -0.833. The van der Waals surface area contributed by atoms with Gasteiger partial charge in [0, 0.05) is 17.7 Å². The van der Waals surface area contributed by atoms with Gasteiger partial charge in [-0.05, 0) is 23.8 Å². The van der Waals surface area contributed by atoms with E-state index in [4.69, 9.17) is 5.73 Å². The molecule has 0 amide bonds. The second-order valence-electron chi connectivity index (χ2n) is 4.05. The zero-order valence-electron chi connectivity index (χ0n) is 10.2. The van der Waals surface area contributed by atoms with Gasteiger partial charge >= 0.3 is 6.36 Å². The molecule has 0 aliphatic carbocycles. The van der Waals surface area contributed by atoms with E-state index in [1.807, 2.05) is 0 Å². The van der Waals surface area contributed by atoms with Crippen molar-refractivity contribution in [2.24, 2.45) is 5.73 Å².